The van der Waals surface area contributed by atoms with Crippen molar-refractivity contribution in [1.82, 2.24) is 4.90 Å². The first kappa shape index (κ1) is 12.9. The Morgan fingerprint density at radius 2 is 2.05 bits per heavy atom. The molecule has 0 aromatic heterocycles. The maximum absolute atomic E-state index is 12.1. The van der Waals surface area contributed by atoms with E-state index in [1.165, 1.54) is 22.8 Å². The molecule has 2 aliphatic rings. The number of benzene rings is 2. The van der Waals surface area contributed by atoms with Gasteiger partial charge in [-0.2, -0.15) is 0 Å². The molecule has 2 atom stereocenters. The van der Waals surface area contributed by atoms with Crippen LogP contribution in [0.25, 0.3) is 10.8 Å². The van der Waals surface area contributed by atoms with E-state index in [1.807, 2.05) is 0 Å². The zero-order chi connectivity index (χ0) is 14.4. The fraction of sp³-hybridized carbons (Fsp3) is 0.421. The number of carbonyl (C=O) groups excluding carboxylic acids is 1. The van der Waals surface area contributed by atoms with Gasteiger partial charge in [0.05, 0.1) is 0 Å². The molecule has 2 fully saturated rings. The Kier molecular flexibility index (Phi) is 2.81. The molecular weight excluding hydrogens is 258 g/mol. The normalized spacial score (nSPS) is 26.9. The summed E-state index contributed by atoms with van der Waals surface area (Å²) in [7, 11) is 0. The third-order valence-corrected chi connectivity index (χ3v) is 5.29. The van der Waals surface area contributed by atoms with Gasteiger partial charge >= 0.3 is 0 Å². The maximum atomic E-state index is 12.1. The van der Waals surface area contributed by atoms with Crippen LogP contribution in [0.1, 0.15) is 31.7 Å². The summed E-state index contributed by atoms with van der Waals surface area (Å²) in [6.45, 7) is 3.97. The van der Waals surface area contributed by atoms with Crippen LogP contribution in [-0.4, -0.2) is 23.9 Å². The average Bonchev–Trinajstić information content (AvgIpc) is 3.09. The standard InChI is InChI=1S/C19H21NO/c1-2-5-18(21)20-12-17-11-19(17,13-20)16-9-8-14-6-3-4-7-15(14)10-16/h3-4,6-10,17H,2,5,11-13H2,1H3/t17-,19+/m1/s1. The molecule has 2 aromatic carbocycles. The van der Waals surface area contributed by atoms with Crippen LogP contribution >= 0.6 is 0 Å². The highest BCUT2D eigenvalue weighted by Crippen LogP contribution is 2.59. The minimum Gasteiger partial charge on any atom is -0.341 e. The van der Waals surface area contributed by atoms with Crippen LogP contribution in [-0.2, 0) is 10.2 Å². The first-order chi connectivity index (χ1) is 10.2. The molecule has 4 rings (SSSR count). The van der Waals surface area contributed by atoms with Gasteiger partial charge in [-0.3, -0.25) is 4.79 Å². The summed E-state index contributed by atoms with van der Waals surface area (Å²) in [6.07, 6.45) is 2.89. The number of rotatable bonds is 3. The van der Waals surface area contributed by atoms with Crippen molar-refractivity contribution >= 4 is 16.7 Å². The van der Waals surface area contributed by atoms with Gasteiger partial charge in [0.2, 0.25) is 5.91 Å². The van der Waals surface area contributed by atoms with E-state index in [2.05, 4.69) is 54.3 Å². The van der Waals surface area contributed by atoms with Crippen LogP contribution in [0.4, 0.5) is 0 Å². The lowest BCUT2D eigenvalue weighted by molar-refractivity contribution is -0.130. The molecule has 0 bridgehead atoms. The average molecular weight is 279 g/mol. The van der Waals surface area contributed by atoms with E-state index in [0.29, 0.717) is 18.2 Å². The molecule has 0 radical (unpaired) electrons. The predicted octanol–water partition coefficient (Wildman–Crippen LogP) is 3.74. The van der Waals surface area contributed by atoms with Crippen molar-refractivity contribution in [3.05, 3.63) is 48.0 Å². The highest BCUT2D eigenvalue weighted by molar-refractivity contribution is 5.84. The van der Waals surface area contributed by atoms with Crippen LogP contribution < -0.4 is 0 Å². The fourth-order valence-electron chi connectivity index (χ4n) is 3.99. The highest BCUT2D eigenvalue weighted by Gasteiger charge is 2.61. The Morgan fingerprint density at radius 1 is 1.24 bits per heavy atom. The number of likely N-dealkylation sites (tertiary alicyclic amines) is 1. The van der Waals surface area contributed by atoms with Gasteiger partial charge in [0, 0.05) is 24.9 Å². The maximum Gasteiger partial charge on any atom is 0.222 e. The highest BCUT2D eigenvalue weighted by atomic mass is 16.2. The first-order valence-electron chi connectivity index (χ1n) is 8.00. The van der Waals surface area contributed by atoms with E-state index in [-0.39, 0.29) is 5.41 Å². The number of carbonyl (C=O) groups is 1. The summed E-state index contributed by atoms with van der Waals surface area (Å²) in [5, 5.41) is 2.61. The van der Waals surface area contributed by atoms with Crippen molar-refractivity contribution in [3.8, 4) is 0 Å². The molecule has 1 saturated heterocycles. The summed E-state index contributed by atoms with van der Waals surface area (Å²) in [5.41, 5.74) is 1.69. The van der Waals surface area contributed by atoms with E-state index >= 15 is 0 Å². The number of fused-ring (bicyclic) bond motifs is 2. The Morgan fingerprint density at radius 3 is 2.86 bits per heavy atom. The topological polar surface area (TPSA) is 20.3 Å². The lowest BCUT2D eigenvalue weighted by Gasteiger charge is -2.21. The van der Waals surface area contributed by atoms with Crippen LogP contribution in [0.3, 0.4) is 0 Å². The Balaban J connectivity index is 1.63. The summed E-state index contributed by atoms with van der Waals surface area (Å²) >= 11 is 0. The Labute approximate surface area is 125 Å². The number of nitrogens with zero attached hydrogens (tertiary/aromatic N) is 1. The van der Waals surface area contributed by atoms with Gasteiger partial charge in [0.1, 0.15) is 0 Å². The van der Waals surface area contributed by atoms with Crippen molar-refractivity contribution in [2.45, 2.75) is 31.6 Å². The monoisotopic (exact) mass is 279 g/mol. The smallest absolute Gasteiger partial charge is 0.222 e. The second-order valence-electron chi connectivity index (χ2n) is 6.64. The summed E-state index contributed by atoms with van der Waals surface area (Å²) < 4.78 is 0. The van der Waals surface area contributed by atoms with Crippen molar-refractivity contribution in [2.75, 3.05) is 13.1 Å². The van der Waals surface area contributed by atoms with Crippen molar-refractivity contribution in [1.29, 1.82) is 0 Å². The van der Waals surface area contributed by atoms with E-state index in [0.717, 1.165) is 19.5 Å². The van der Waals surface area contributed by atoms with Gasteiger partial charge in [-0.15, -0.1) is 0 Å². The minimum atomic E-state index is 0.257. The van der Waals surface area contributed by atoms with Gasteiger partial charge in [-0.1, -0.05) is 49.4 Å². The quantitative estimate of drug-likeness (QED) is 0.838. The van der Waals surface area contributed by atoms with E-state index < -0.39 is 0 Å². The number of amides is 1. The molecule has 0 N–H and O–H groups in total. The van der Waals surface area contributed by atoms with Gasteiger partial charge in [-0.25, -0.2) is 0 Å². The van der Waals surface area contributed by atoms with Gasteiger partial charge in [0.15, 0.2) is 0 Å². The molecule has 2 aromatic rings. The molecule has 1 saturated carbocycles. The molecule has 2 nitrogen and oxygen atoms in total. The van der Waals surface area contributed by atoms with Crippen molar-refractivity contribution in [3.63, 3.8) is 0 Å². The van der Waals surface area contributed by atoms with Crippen molar-refractivity contribution < 1.29 is 4.79 Å². The number of piperidine rings is 1. The van der Waals surface area contributed by atoms with Crippen molar-refractivity contribution in [2.24, 2.45) is 5.92 Å². The molecule has 1 heterocycles. The van der Waals surface area contributed by atoms with Crippen LogP contribution in [0, 0.1) is 5.92 Å². The predicted molar refractivity (Wildman–Crippen MR) is 85.2 cm³/mol. The molecule has 1 amide bonds. The molecule has 108 valence electrons. The SMILES string of the molecule is CCCC(=O)N1C[C@H]2C[C@@]2(c2ccc3ccccc3c2)C1. The minimum absolute atomic E-state index is 0.257. The zero-order valence-corrected chi connectivity index (χ0v) is 12.5. The van der Waals surface area contributed by atoms with E-state index in [1.54, 1.807) is 0 Å². The third-order valence-electron chi connectivity index (χ3n) is 5.29. The van der Waals surface area contributed by atoms with E-state index in [9.17, 15) is 4.79 Å². The second-order valence-corrected chi connectivity index (χ2v) is 6.64. The Hall–Kier alpha value is -1.83. The summed E-state index contributed by atoms with van der Waals surface area (Å²) in [6, 6.07) is 15.4. The molecule has 21 heavy (non-hydrogen) atoms. The van der Waals surface area contributed by atoms with Crippen LogP contribution in [0.15, 0.2) is 42.5 Å². The molecule has 0 spiro atoms. The fourth-order valence-corrected chi connectivity index (χ4v) is 3.99. The molecular formula is C19H21NO. The molecule has 1 aliphatic heterocycles. The summed E-state index contributed by atoms with van der Waals surface area (Å²) in [5.74, 6) is 1.02. The summed E-state index contributed by atoms with van der Waals surface area (Å²) in [4.78, 5) is 14.2. The molecule has 1 aliphatic carbocycles. The van der Waals surface area contributed by atoms with Crippen LogP contribution in [0.2, 0.25) is 0 Å². The third kappa shape index (κ3) is 1.97. The second kappa shape index (κ2) is 4.59. The zero-order valence-electron chi connectivity index (χ0n) is 12.5. The lowest BCUT2D eigenvalue weighted by Crippen LogP contribution is -2.32. The number of hydrogen-bond acceptors (Lipinski definition) is 1. The van der Waals surface area contributed by atoms with E-state index in [4.69, 9.17) is 0 Å². The lowest BCUT2D eigenvalue weighted by atomic mass is 9.93. The number of hydrogen-bond donors (Lipinski definition) is 0. The van der Waals surface area contributed by atoms with Gasteiger partial charge < -0.3 is 4.90 Å². The molecule has 2 heteroatoms. The first-order valence-corrected chi connectivity index (χ1v) is 8.00. The van der Waals surface area contributed by atoms with Gasteiger partial charge in [0.25, 0.3) is 0 Å². The van der Waals surface area contributed by atoms with Crippen LogP contribution in [0.5, 0.6) is 0 Å². The largest absolute Gasteiger partial charge is 0.341 e. The Bertz CT molecular complexity index is 708. The van der Waals surface area contributed by atoms with Gasteiger partial charge in [-0.05, 0) is 35.1 Å². The molecule has 0 unspecified atom stereocenters.